The van der Waals surface area contributed by atoms with Crippen LogP contribution in [-0.2, 0) is 21.2 Å². The molecule has 2 aromatic rings. The number of hydrogen-bond acceptors (Lipinski definition) is 5. The summed E-state index contributed by atoms with van der Waals surface area (Å²) in [6.07, 6.45) is 1.84. The molecule has 9 heteroatoms. The van der Waals surface area contributed by atoms with E-state index >= 15 is 0 Å². The van der Waals surface area contributed by atoms with Gasteiger partial charge in [0.15, 0.2) is 5.03 Å². The summed E-state index contributed by atoms with van der Waals surface area (Å²) < 4.78 is 26.0. The lowest BCUT2D eigenvalue weighted by atomic mass is 10.0. The maximum absolute atomic E-state index is 12.5. The maximum atomic E-state index is 12.5. The maximum Gasteiger partial charge on any atom is 0.326 e. The summed E-state index contributed by atoms with van der Waals surface area (Å²) in [4.78, 5) is 12.4. The van der Waals surface area contributed by atoms with Gasteiger partial charge in [0.1, 0.15) is 6.04 Å². The van der Waals surface area contributed by atoms with Gasteiger partial charge in [-0.2, -0.15) is 9.40 Å². The van der Waals surface area contributed by atoms with E-state index in [1.807, 2.05) is 0 Å². The summed E-state index contributed by atoms with van der Waals surface area (Å²) >= 11 is 1.45. The van der Waals surface area contributed by atoms with E-state index in [9.17, 15) is 18.3 Å². The number of carbonyl (C=O) groups is 1. The van der Waals surface area contributed by atoms with E-state index in [4.69, 9.17) is 0 Å². The minimum Gasteiger partial charge on any atom is -0.480 e. The van der Waals surface area contributed by atoms with Gasteiger partial charge in [0.25, 0.3) is 10.0 Å². The molecule has 0 bridgehead atoms. The van der Waals surface area contributed by atoms with Crippen LogP contribution < -0.4 is 0 Å². The Morgan fingerprint density at radius 3 is 2.95 bits per heavy atom. The molecule has 1 atom stereocenters. The van der Waals surface area contributed by atoms with Crippen LogP contribution in [-0.4, -0.2) is 40.5 Å². The molecule has 1 aliphatic heterocycles. The molecule has 1 aliphatic rings. The summed E-state index contributed by atoms with van der Waals surface area (Å²) in [5.41, 5.74) is 0.553. The van der Waals surface area contributed by atoms with Crippen LogP contribution in [0.25, 0.3) is 0 Å². The van der Waals surface area contributed by atoms with Crippen LogP contribution in [0.5, 0.6) is 0 Å². The molecular formula is C11H11N3O4S2. The van der Waals surface area contributed by atoms with Crippen molar-refractivity contribution in [2.45, 2.75) is 17.5 Å². The number of nitrogens with one attached hydrogen (secondary N) is 1. The minimum absolute atomic E-state index is 0.0950. The van der Waals surface area contributed by atoms with Crippen molar-refractivity contribution in [2.75, 3.05) is 6.54 Å². The Morgan fingerprint density at radius 2 is 2.30 bits per heavy atom. The number of aromatic amines is 1. The van der Waals surface area contributed by atoms with Crippen LogP contribution in [0.3, 0.4) is 0 Å². The third kappa shape index (κ3) is 1.94. The van der Waals surface area contributed by atoms with Crippen molar-refractivity contribution in [3.63, 3.8) is 0 Å². The molecule has 0 radical (unpaired) electrons. The van der Waals surface area contributed by atoms with Gasteiger partial charge in [-0.15, -0.1) is 11.3 Å². The molecule has 0 spiro atoms. The van der Waals surface area contributed by atoms with Gasteiger partial charge >= 0.3 is 5.97 Å². The number of carboxylic acids is 1. The lowest BCUT2D eigenvalue weighted by Gasteiger charge is -2.31. The first-order valence-corrected chi connectivity index (χ1v) is 8.14. The van der Waals surface area contributed by atoms with Crippen molar-refractivity contribution in [2.24, 2.45) is 0 Å². The molecular weight excluding hydrogens is 302 g/mol. The van der Waals surface area contributed by atoms with E-state index in [1.54, 1.807) is 11.4 Å². The number of thiophene rings is 1. The first-order chi connectivity index (χ1) is 9.51. The molecule has 20 heavy (non-hydrogen) atoms. The number of H-pyrrole nitrogens is 1. The molecule has 1 unspecified atom stereocenters. The second-order valence-corrected chi connectivity index (χ2v) is 7.19. The van der Waals surface area contributed by atoms with Crippen LogP contribution in [0.2, 0.25) is 0 Å². The predicted octanol–water partition coefficient (Wildman–Crippen LogP) is 0.844. The molecule has 3 heterocycles. The summed E-state index contributed by atoms with van der Waals surface area (Å²) in [5, 5.41) is 17.1. The fraction of sp³-hybridized carbons (Fsp3) is 0.273. The second-order valence-electron chi connectivity index (χ2n) is 4.33. The molecule has 2 aromatic heterocycles. The topological polar surface area (TPSA) is 103 Å². The number of aliphatic carboxylic acids is 1. The molecule has 0 aliphatic carbocycles. The molecule has 0 saturated heterocycles. The highest BCUT2D eigenvalue weighted by Crippen LogP contribution is 2.36. The van der Waals surface area contributed by atoms with Crippen molar-refractivity contribution in [1.82, 2.24) is 14.5 Å². The highest BCUT2D eigenvalue weighted by atomic mass is 32.2. The van der Waals surface area contributed by atoms with Gasteiger partial charge in [-0.25, -0.2) is 8.42 Å². The number of hydrogen-bond donors (Lipinski definition) is 2. The third-order valence-electron chi connectivity index (χ3n) is 3.22. The van der Waals surface area contributed by atoms with Crippen LogP contribution in [0.15, 0.2) is 28.7 Å². The van der Waals surface area contributed by atoms with Crippen molar-refractivity contribution in [3.05, 3.63) is 34.2 Å². The number of nitrogens with zero attached hydrogens (tertiary/aromatic N) is 2. The van der Waals surface area contributed by atoms with Crippen LogP contribution in [0.4, 0.5) is 0 Å². The quantitative estimate of drug-likeness (QED) is 0.874. The molecule has 0 fully saturated rings. The van der Waals surface area contributed by atoms with Crippen LogP contribution in [0, 0.1) is 0 Å². The van der Waals surface area contributed by atoms with Crippen LogP contribution in [0.1, 0.15) is 16.5 Å². The normalized spacial score (nSPS) is 19.7. The fourth-order valence-electron chi connectivity index (χ4n) is 2.32. The van der Waals surface area contributed by atoms with Crippen molar-refractivity contribution in [3.8, 4) is 0 Å². The average Bonchev–Trinajstić information content (AvgIpc) is 3.08. The Morgan fingerprint density at radius 1 is 1.50 bits per heavy atom. The SMILES string of the molecule is O=C(O)C1c2ccsc2CCN1S(=O)(=O)c1ccn[nH]1. The first kappa shape index (κ1) is 13.3. The highest BCUT2D eigenvalue weighted by Gasteiger charge is 2.41. The zero-order valence-electron chi connectivity index (χ0n) is 10.2. The second kappa shape index (κ2) is 4.69. The van der Waals surface area contributed by atoms with E-state index in [0.717, 1.165) is 9.18 Å². The number of rotatable bonds is 3. The van der Waals surface area contributed by atoms with E-state index in [1.165, 1.54) is 23.6 Å². The number of aromatic nitrogens is 2. The van der Waals surface area contributed by atoms with Crippen LogP contribution >= 0.6 is 11.3 Å². The summed E-state index contributed by atoms with van der Waals surface area (Å²) in [6, 6.07) is 1.81. The van der Waals surface area contributed by atoms with Gasteiger partial charge in [-0.3, -0.25) is 9.89 Å². The zero-order valence-corrected chi connectivity index (χ0v) is 11.8. The number of carboxylic acid groups (broad SMARTS) is 1. The summed E-state index contributed by atoms with van der Waals surface area (Å²) in [5.74, 6) is -1.17. The van der Waals surface area contributed by atoms with Crippen molar-refractivity contribution >= 4 is 27.3 Å². The largest absolute Gasteiger partial charge is 0.480 e. The molecule has 2 N–H and O–H groups in total. The summed E-state index contributed by atoms with van der Waals surface area (Å²) in [6.45, 7) is 0.145. The van der Waals surface area contributed by atoms with Gasteiger partial charge in [-0.1, -0.05) is 0 Å². The molecule has 0 amide bonds. The van der Waals surface area contributed by atoms with Gasteiger partial charge < -0.3 is 5.11 Å². The van der Waals surface area contributed by atoms with Gasteiger partial charge in [0, 0.05) is 11.4 Å². The van der Waals surface area contributed by atoms with E-state index in [-0.39, 0.29) is 11.6 Å². The fourth-order valence-corrected chi connectivity index (χ4v) is 4.69. The van der Waals surface area contributed by atoms with Gasteiger partial charge in [0.2, 0.25) is 0 Å². The van der Waals surface area contributed by atoms with Gasteiger partial charge in [0.05, 0.1) is 6.20 Å². The van der Waals surface area contributed by atoms with Crippen molar-refractivity contribution in [1.29, 1.82) is 0 Å². The molecule has 7 nitrogen and oxygen atoms in total. The summed E-state index contributed by atoms with van der Waals surface area (Å²) in [7, 11) is -3.89. The Labute approximate surface area is 118 Å². The first-order valence-electron chi connectivity index (χ1n) is 5.82. The standard InChI is InChI=1S/C11H11N3O4S2/c15-11(16)10-7-3-6-19-8(7)2-5-14(10)20(17,18)9-1-4-12-13-9/h1,3-4,6,10H,2,5H2,(H,12,13)(H,15,16). The predicted molar refractivity (Wildman–Crippen MR) is 70.9 cm³/mol. The van der Waals surface area contributed by atoms with E-state index in [0.29, 0.717) is 12.0 Å². The molecule has 3 rings (SSSR count). The minimum atomic E-state index is -3.89. The molecule has 0 saturated carbocycles. The third-order valence-corrected chi connectivity index (χ3v) is 6.01. The smallest absolute Gasteiger partial charge is 0.326 e. The zero-order chi connectivity index (χ0) is 14.3. The van der Waals surface area contributed by atoms with Crippen molar-refractivity contribution < 1.29 is 18.3 Å². The molecule has 0 aromatic carbocycles. The van der Waals surface area contributed by atoms with Gasteiger partial charge in [-0.05, 0) is 29.5 Å². The number of fused-ring (bicyclic) bond motifs is 1. The van der Waals surface area contributed by atoms with E-state index in [2.05, 4.69) is 10.2 Å². The Bertz CT molecular complexity index is 736. The van der Waals surface area contributed by atoms with E-state index < -0.39 is 22.0 Å². The lowest BCUT2D eigenvalue weighted by molar-refractivity contribution is -0.142. The lowest BCUT2D eigenvalue weighted by Crippen LogP contribution is -2.43. The number of sulfonamides is 1. The monoisotopic (exact) mass is 313 g/mol. The Balaban J connectivity index is 2.09. The highest BCUT2D eigenvalue weighted by molar-refractivity contribution is 7.89. The Hall–Kier alpha value is -1.71. The molecule has 106 valence electrons. The average molecular weight is 313 g/mol. The Kier molecular flexibility index (Phi) is 3.11.